The summed E-state index contributed by atoms with van der Waals surface area (Å²) in [4.78, 5) is 12.5. The highest BCUT2D eigenvalue weighted by Gasteiger charge is 2.24. The maximum Gasteiger partial charge on any atom is 0.267 e. The quantitative estimate of drug-likeness (QED) is 0.869. The predicted octanol–water partition coefficient (Wildman–Crippen LogP) is 2.33. The number of nitrogens with zero attached hydrogens (tertiary/aromatic N) is 2. The fourth-order valence-electron chi connectivity index (χ4n) is 1.89. The highest BCUT2D eigenvalue weighted by molar-refractivity contribution is 7.89. The van der Waals surface area contributed by atoms with Crippen molar-refractivity contribution >= 4 is 33.1 Å². The fourth-order valence-corrected chi connectivity index (χ4v) is 4.50. The molecule has 0 aliphatic rings. The Labute approximate surface area is 133 Å². The van der Waals surface area contributed by atoms with E-state index in [0.29, 0.717) is 29.5 Å². The van der Waals surface area contributed by atoms with E-state index in [0.717, 1.165) is 11.3 Å². The zero-order valence-corrected chi connectivity index (χ0v) is 14.1. The smallest absolute Gasteiger partial charge is 0.267 e. The highest BCUT2D eigenvalue weighted by atomic mass is 32.2. The van der Waals surface area contributed by atoms with Gasteiger partial charge in [0.1, 0.15) is 5.76 Å². The standard InChI is InChI=1S/C13H17N3O4S2/c1-4-16(5-2)22(18,19)10-7-11(21-8-10)13(17)14-12-6-9(3)20-15-12/h6-8H,4-5H2,1-3H3,(H,14,15,17). The summed E-state index contributed by atoms with van der Waals surface area (Å²) >= 11 is 1.07. The lowest BCUT2D eigenvalue weighted by atomic mass is 10.4. The third kappa shape index (κ3) is 3.37. The van der Waals surface area contributed by atoms with Gasteiger partial charge in [-0.1, -0.05) is 19.0 Å². The first-order chi connectivity index (χ1) is 10.4. The molecule has 22 heavy (non-hydrogen) atoms. The number of sulfonamides is 1. The van der Waals surface area contributed by atoms with Crippen LogP contribution in [-0.2, 0) is 10.0 Å². The fraction of sp³-hybridized carbons (Fsp3) is 0.385. The van der Waals surface area contributed by atoms with Crippen molar-refractivity contribution in [3.8, 4) is 0 Å². The van der Waals surface area contributed by atoms with Crippen molar-refractivity contribution < 1.29 is 17.7 Å². The van der Waals surface area contributed by atoms with Crippen LogP contribution in [0.2, 0.25) is 0 Å². The summed E-state index contributed by atoms with van der Waals surface area (Å²) in [6, 6.07) is 2.96. The van der Waals surface area contributed by atoms with Crippen molar-refractivity contribution in [3.63, 3.8) is 0 Å². The Morgan fingerprint density at radius 1 is 1.36 bits per heavy atom. The van der Waals surface area contributed by atoms with E-state index in [1.54, 1.807) is 26.8 Å². The zero-order valence-electron chi connectivity index (χ0n) is 12.5. The van der Waals surface area contributed by atoms with Gasteiger partial charge in [0.15, 0.2) is 5.82 Å². The lowest BCUT2D eigenvalue weighted by Gasteiger charge is -2.17. The molecule has 2 heterocycles. The minimum atomic E-state index is -3.55. The van der Waals surface area contributed by atoms with Crippen LogP contribution in [0.3, 0.4) is 0 Å². The maximum absolute atomic E-state index is 12.4. The Morgan fingerprint density at radius 2 is 2.05 bits per heavy atom. The molecule has 0 aromatic carbocycles. The van der Waals surface area contributed by atoms with Gasteiger partial charge in [0.05, 0.1) is 9.77 Å². The Kier molecular flexibility index (Phi) is 4.99. The molecule has 7 nitrogen and oxygen atoms in total. The second-order valence-electron chi connectivity index (χ2n) is 4.51. The summed E-state index contributed by atoms with van der Waals surface area (Å²) < 4.78 is 30.9. The predicted molar refractivity (Wildman–Crippen MR) is 83.6 cm³/mol. The molecule has 2 rings (SSSR count). The number of aromatic nitrogens is 1. The van der Waals surface area contributed by atoms with Crippen LogP contribution in [0, 0.1) is 6.92 Å². The Balaban J connectivity index is 2.19. The van der Waals surface area contributed by atoms with Crippen LogP contribution >= 0.6 is 11.3 Å². The van der Waals surface area contributed by atoms with Crippen molar-refractivity contribution in [2.75, 3.05) is 18.4 Å². The first kappa shape index (κ1) is 16.7. The molecule has 2 aromatic rings. The number of aryl methyl sites for hydroxylation is 1. The summed E-state index contributed by atoms with van der Waals surface area (Å²) in [5, 5.41) is 7.69. The lowest BCUT2D eigenvalue weighted by molar-refractivity contribution is 0.102. The van der Waals surface area contributed by atoms with Gasteiger partial charge in [0, 0.05) is 24.5 Å². The summed E-state index contributed by atoms with van der Waals surface area (Å²) in [5.74, 6) is 0.453. The number of carbonyl (C=O) groups excluding carboxylic acids is 1. The molecule has 9 heteroatoms. The van der Waals surface area contributed by atoms with Gasteiger partial charge in [-0.05, 0) is 13.0 Å². The first-order valence-corrected chi connectivity index (χ1v) is 9.03. The molecule has 120 valence electrons. The van der Waals surface area contributed by atoms with Crippen LogP contribution in [0.5, 0.6) is 0 Å². The number of hydrogen-bond donors (Lipinski definition) is 1. The molecular weight excluding hydrogens is 326 g/mol. The van der Waals surface area contributed by atoms with Crippen LogP contribution in [0.1, 0.15) is 29.3 Å². The van der Waals surface area contributed by atoms with Crippen molar-refractivity contribution in [3.05, 3.63) is 28.2 Å². The second-order valence-corrected chi connectivity index (χ2v) is 7.36. The Hall–Kier alpha value is -1.71. The minimum absolute atomic E-state index is 0.127. The van der Waals surface area contributed by atoms with Gasteiger partial charge in [0.25, 0.3) is 5.91 Å². The number of nitrogens with one attached hydrogen (secondary N) is 1. The summed E-state index contributed by atoms with van der Waals surface area (Å²) in [6.07, 6.45) is 0. The van der Waals surface area contributed by atoms with Gasteiger partial charge in [-0.2, -0.15) is 4.31 Å². The van der Waals surface area contributed by atoms with E-state index in [1.165, 1.54) is 15.8 Å². The van der Waals surface area contributed by atoms with Crippen LogP contribution < -0.4 is 5.32 Å². The van der Waals surface area contributed by atoms with Gasteiger partial charge in [-0.15, -0.1) is 11.3 Å². The average Bonchev–Trinajstić information content (AvgIpc) is 3.09. The van der Waals surface area contributed by atoms with E-state index in [4.69, 9.17) is 4.52 Å². The van der Waals surface area contributed by atoms with E-state index in [9.17, 15) is 13.2 Å². The minimum Gasteiger partial charge on any atom is -0.360 e. The molecule has 2 aromatic heterocycles. The second kappa shape index (κ2) is 6.59. The Morgan fingerprint density at radius 3 is 2.59 bits per heavy atom. The van der Waals surface area contributed by atoms with Gasteiger partial charge >= 0.3 is 0 Å². The maximum atomic E-state index is 12.4. The largest absolute Gasteiger partial charge is 0.360 e. The SMILES string of the molecule is CCN(CC)S(=O)(=O)c1csc(C(=O)Nc2cc(C)on2)c1. The summed E-state index contributed by atoms with van der Waals surface area (Å²) in [5.41, 5.74) is 0. The van der Waals surface area contributed by atoms with E-state index < -0.39 is 15.9 Å². The van der Waals surface area contributed by atoms with Crippen molar-refractivity contribution in [1.82, 2.24) is 9.46 Å². The number of thiophene rings is 1. The normalized spacial score (nSPS) is 11.8. The van der Waals surface area contributed by atoms with Crippen molar-refractivity contribution in [2.45, 2.75) is 25.7 Å². The molecule has 0 spiro atoms. The van der Waals surface area contributed by atoms with Crippen LogP contribution in [0.4, 0.5) is 5.82 Å². The van der Waals surface area contributed by atoms with Crippen LogP contribution in [0.25, 0.3) is 0 Å². The Bertz CT molecular complexity index is 760. The molecule has 0 aliphatic carbocycles. The summed E-state index contributed by atoms with van der Waals surface area (Å²) in [7, 11) is -3.55. The topological polar surface area (TPSA) is 92.5 Å². The van der Waals surface area contributed by atoms with Gasteiger partial charge in [-0.3, -0.25) is 4.79 Å². The highest BCUT2D eigenvalue weighted by Crippen LogP contribution is 2.23. The molecule has 0 unspecified atom stereocenters. The average molecular weight is 343 g/mol. The zero-order chi connectivity index (χ0) is 16.3. The molecule has 0 bridgehead atoms. The third-order valence-corrected chi connectivity index (χ3v) is 6.12. The number of amides is 1. The summed E-state index contributed by atoms with van der Waals surface area (Å²) in [6.45, 7) is 6.02. The van der Waals surface area contributed by atoms with E-state index in [2.05, 4.69) is 10.5 Å². The number of anilines is 1. The molecule has 0 fully saturated rings. The van der Waals surface area contributed by atoms with E-state index in [1.807, 2.05) is 0 Å². The first-order valence-electron chi connectivity index (χ1n) is 6.71. The monoisotopic (exact) mass is 343 g/mol. The van der Waals surface area contributed by atoms with Crippen LogP contribution in [0.15, 0.2) is 26.9 Å². The molecule has 0 radical (unpaired) electrons. The molecule has 0 aliphatic heterocycles. The van der Waals surface area contributed by atoms with E-state index in [-0.39, 0.29) is 4.90 Å². The van der Waals surface area contributed by atoms with Crippen molar-refractivity contribution in [2.24, 2.45) is 0 Å². The molecule has 0 saturated carbocycles. The molecule has 1 amide bonds. The number of carbonyl (C=O) groups is 1. The number of rotatable bonds is 6. The molecular formula is C13H17N3O4S2. The van der Waals surface area contributed by atoms with Gasteiger partial charge in [0.2, 0.25) is 10.0 Å². The van der Waals surface area contributed by atoms with Crippen LogP contribution in [-0.4, -0.2) is 36.9 Å². The molecule has 0 saturated heterocycles. The van der Waals surface area contributed by atoms with Crippen molar-refractivity contribution in [1.29, 1.82) is 0 Å². The third-order valence-electron chi connectivity index (χ3n) is 3.01. The van der Waals surface area contributed by atoms with Gasteiger partial charge < -0.3 is 9.84 Å². The molecule has 1 N–H and O–H groups in total. The van der Waals surface area contributed by atoms with Gasteiger partial charge in [-0.25, -0.2) is 8.42 Å². The number of hydrogen-bond acceptors (Lipinski definition) is 6. The van der Waals surface area contributed by atoms with E-state index >= 15 is 0 Å². The molecule has 0 atom stereocenters. The lowest BCUT2D eigenvalue weighted by Crippen LogP contribution is -2.30.